The topological polar surface area (TPSA) is 95.1 Å². The van der Waals surface area contributed by atoms with E-state index in [1.807, 2.05) is 0 Å². The van der Waals surface area contributed by atoms with Gasteiger partial charge in [-0.15, -0.1) is 0 Å². The van der Waals surface area contributed by atoms with Crippen LogP contribution < -0.4 is 5.32 Å². The smallest absolute Gasteiger partial charge is 0.307 e. The molecule has 1 fully saturated rings. The zero-order valence-corrected chi connectivity index (χ0v) is 14.4. The lowest BCUT2D eigenvalue weighted by atomic mass is 9.73. The number of imidazole rings is 1. The summed E-state index contributed by atoms with van der Waals surface area (Å²) in [5.74, 6) is -1.95. The molecule has 138 valence electrons. The van der Waals surface area contributed by atoms with Crippen LogP contribution in [-0.2, 0) is 16.0 Å². The maximum atomic E-state index is 13.8. The molecule has 1 saturated carbocycles. The zero-order valence-electron chi connectivity index (χ0n) is 14.4. The number of carbonyl (C=O) groups excluding carboxylic acids is 1. The summed E-state index contributed by atoms with van der Waals surface area (Å²) in [5, 5.41) is 11.9. The fourth-order valence-corrected chi connectivity index (χ4v) is 3.39. The van der Waals surface area contributed by atoms with E-state index in [9.17, 15) is 14.0 Å². The van der Waals surface area contributed by atoms with Gasteiger partial charge in [0, 0.05) is 12.1 Å². The molecule has 1 aliphatic carbocycles. The van der Waals surface area contributed by atoms with Crippen molar-refractivity contribution >= 4 is 28.6 Å². The molecule has 1 aromatic heterocycles. The predicted octanol–water partition coefficient (Wildman–Crippen LogP) is 3.34. The van der Waals surface area contributed by atoms with Crippen molar-refractivity contribution in [2.75, 3.05) is 5.32 Å². The Morgan fingerprint density at radius 3 is 2.67 bits per heavy atom. The van der Waals surface area contributed by atoms with E-state index in [0.29, 0.717) is 41.9 Å². The van der Waals surface area contributed by atoms with Crippen molar-refractivity contribution in [2.45, 2.75) is 19.3 Å². The van der Waals surface area contributed by atoms with Gasteiger partial charge in [0.25, 0.3) is 0 Å². The summed E-state index contributed by atoms with van der Waals surface area (Å²) >= 11 is 0. The first-order valence-electron chi connectivity index (χ1n) is 8.77. The Bertz CT molecular complexity index is 1030. The number of aromatic nitrogens is 2. The number of H-pyrrole nitrogens is 1. The van der Waals surface area contributed by atoms with E-state index in [1.165, 1.54) is 6.07 Å². The number of fused-ring (bicyclic) bond motifs is 1. The summed E-state index contributed by atoms with van der Waals surface area (Å²) in [7, 11) is 0. The van der Waals surface area contributed by atoms with Crippen molar-refractivity contribution < 1.29 is 19.1 Å². The molecule has 3 aromatic rings. The standard InChI is InChI=1S/C20H18FN3O3/c21-15-4-2-1-3-11(15)9-18-23-16-8-5-12(10-17(16)24-18)22-19(25)13-6-7-14(13)20(26)27/h1-5,8,10,13-14H,6-7,9H2,(H,22,25)(H,23,24)(H,26,27). The first kappa shape index (κ1) is 17.2. The van der Waals surface area contributed by atoms with Gasteiger partial charge in [-0.3, -0.25) is 9.59 Å². The summed E-state index contributed by atoms with van der Waals surface area (Å²) in [6.07, 6.45) is 1.46. The number of aliphatic carboxylic acids is 1. The molecule has 1 amide bonds. The number of benzene rings is 2. The number of hydrogen-bond donors (Lipinski definition) is 3. The fourth-order valence-electron chi connectivity index (χ4n) is 3.39. The molecule has 2 unspecified atom stereocenters. The number of carboxylic acids is 1. The molecule has 6 nitrogen and oxygen atoms in total. The molecule has 27 heavy (non-hydrogen) atoms. The van der Waals surface area contributed by atoms with Gasteiger partial charge in [-0.05, 0) is 42.7 Å². The molecule has 7 heteroatoms. The van der Waals surface area contributed by atoms with Crippen LogP contribution in [-0.4, -0.2) is 27.0 Å². The second kappa shape index (κ2) is 6.83. The third-order valence-corrected chi connectivity index (χ3v) is 5.04. The minimum Gasteiger partial charge on any atom is -0.481 e. The Morgan fingerprint density at radius 1 is 1.19 bits per heavy atom. The average molecular weight is 367 g/mol. The number of nitrogens with zero attached hydrogens (tertiary/aromatic N) is 1. The van der Waals surface area contributed by atoms with Crippen molar-refractivity contribution in [1.82, 2.24) is 9.97 Å². The molecule has 0 aliphatic heterocycles. The number of anilines is 1. The van der Waals surface area contributed by atoms with Gasteiger partial charge in [0.1, 0.15) is 11.6 Å². The Hall–Kier alpha value is -3.22. The van der Waals surface area contributed by atoms with E-state index < -0.39 is 17.8 Å². The minimum absolute atomic E-state index is 0.278. The van der Waals surface area contributed by atoms with E-state index >= 15 is 0 Å². The Labute approximate surface area is 154 Å². The SMILES string of the molecule is O=C(O)C1CCC1C(=O)Nc1ccc2nc(Cc3ccccc3F)[nH]c2c1. The summed E-state index contributed by atoms with van der Waals surface area (Å²) in [6.45, 7) is 0. The third kappa shape index (κ3) is 3.40. The van der Waals surface area contributed by atoms with Crippen LogP contribution in [0.25, 0.3) is 11.0 Å². The van der Waals surface area contributed by atoms with E-state index in [1.54, 1.807) is 36.4 Å². The molecule has 0 spiro atoms. The highest BCUT2D eigenvalue weighted by molar-refractivity contribution is 5.97. The van der Waals surface area contributed by atoms with Crippen molar-refractivity contribution in [2.24, 2.45) is 11.8 Å². The summed E-state index contributed by atoms with van der Waals surface area (Å²) < 4.78 is 13.8. The number of nitrogens with one attached hydrogen (secondary N) is 2. The Morgan fingerprint density at radius 2 is 1.96 bits per heavy atom. The first-order valence-corrected chi connectivity index (χ1v) is 8.77. The molecule has 1 aliphatic rings. The third-order valence-electron chi connectivity index (χ3n) is 5.04. The molecule has 2 atom stereocenters. The molecule has 0 bridgehead atoms. The van der Waals surface area contributed by atoms with Gasteiger partial charge in [0.05, 0.1) is 22.9 Å². The zero-order chi connectivity index (χ0) is 19.0. The fraction of sp³-hybridized carbons (Fsp3) is 0.250. The van der Waals surface area contributed by atoms with Gasteiger partial charge in [-0.1, -0.05) is 18.2 Å². The van der Waals surface area contributed by atoms with Crippen LogP contribution in [0.1, 0.15) is 24.2 Å². The van der Waals surface area contributed by atoms with Gasteiger partial charge < -0.3 is 15.4 Å². The van der Waals surface area contributed by atoms with Crippen molar-refractivity contribution in [3.8, 4) is 0 Å². The second-order valence-corrected chi connectivity index (χ2v) is 6.80. The van der Waals surface area contributed by atoms with Crippen molar-refractivity contribution in [3.63, 3.8) is 0 Å². The van der Waals surface area contributed by atoms with Gasteiger partial charge in [0.15, 0.2) is 0 Å². The summed E-state index contributed by atoms with van der Waals surface area (Å²) in [5.41, 5.74) is 2.56. The average Bonchev–Trinajstić information content (AvgIpc) is 2.97. The molecule has 0 saturated heterocycles. The van der Waals surface area contributed by atoms with Gasteiger partial charge in [0.2, 0.25) is 5.91 Å². The Balaban J connectivity index is 1.50. The van der Waals surface area contributed by atoms with Crippen molar-refractivity contribution in [1.29, 1.82) is 0 Å². The highest BCUT2D eigenvalue weighted by Gasteiger charge is 2.41. The molecule has 1 heterocycles. The molecular formula is C20H18FN3O3. The molecule has 2 aromatic carbocycles. The number of amides is 1. The number of carbonyl (C=O) groups is 2. The van der Waals surface area contributed by atoms with E-state index in [-0.39, 0.29) is 11.7 Å². The maximum absolute atomic E-state index is 13.8. The van der Waals surface area contributed by atoms with E-state index in [2.05, 4.69) is 15.3 Å². The first-order chi connectivity index (χ1) is 13.0. The van der Waals surface area contributed by atoms with Gasteiger partial charge >= 0.3 is 5.97 Å². The highest BCUT2D eigenvalue weighted by Crippen LogP contribution is 2.35. The normalized spacial score (nSPS) is 18.9. The van der Waals surface area contributed by atoms with Gasteiger partial charge in [-0.2, -0.15) is 0 Å². The van der Waals surface area contributed by atoms with Crippen LogP contribution >= 0.6 is 0 Å². The largest absolute Gasteiger partial charge is 0.481 e. The number of hydrogen-bond acceptors (Lipinski definition) is 3. The monoisotopic (exact) mass is 367 g/mol. The minimum atomic E-state index is -0.928. The molecular weight excluding hydrogens is 349 g/mol. The molecule has 3 N–H and O–H groups in total. The van der Waals surface area contributed by atoms with E-state index in [4.69, 9.17) is 5.11 Å². The van der Waals surface area contributed by atoms with Crippen LogP contribution in [0.5, 0.6) is 0 Å². The number of rotatable bonds is 5. The lowest BCUT2D eigenvalue weighted by Gasteiger charge is -2.31. The quantitative estimate of drug-likeness (QED) is 0.644. The van der Waals surface area contributed by atoms with Crippen LogP contribution in [0.4, 0.5) is 10.1 Å². The maximum Gasteiger partial charge on any atom is 0.307 e. The number of aromatic amines is 1. The van der Waals surface area contributed by atoms with Crippen LogP contribution in [0.3, 0.4) is 0 Å². The second-order valence-electron chi connectivity index (χ2n) is 6.80. The molecule has 4 rings (SSSR count). The van der Waals surface area contributed by atoms with Crippen LogP contribution in [0.15, 0.2) is 42.5 Å². The predicted molar refractivity (Wildman–Crippen MR) is 97.8 cm³/mol. The van der Waals surface area contributed by atoms with Crippen LogP contribution in [0, 0.1) is 17.7 Å². The van der Waals surface area contributed by atoms with Crippen molar-refractivity contribution in [3.05, 3.63) is 59.7 Å². The van der Waals surface area contributed by atoms with Gasteiger partial charge in [-0.25, -0.2) is 9.37 Å². The van der Waals surface area contributed by atoms with Crippen LogP contribution in [0.2, 0.25) is 0 Å². The Kier molecular flexibility index (Phi) is 4.35. The highest BCUT2D eigenvalue weighted by atomic mass is 19.1. The lowest BCUT2D eigenvalue weighted by molar-refractivity contribution is -0.151. The molecule has 0 radical (unpaired) electrons. The lowest BCUT2D eigenvalue weighted by Crippen LogP contribution is -2.41. The number of carboxylic acid groups (broad SMARTS) is 1. The summed E-state index contributed by atoms with van der Waals surface area (Å²) in [4.78, 5) is 31.0. The van der Waals surface area contributed by atoms with E-state index in [0.717, 1.165) is 5.52 Å². The summed E-state index contributed by atoms with van der Waals surface area (Å²) in [6, 6.07) is 11.8. The number of halogens is 1.